The molecular weight excluding hydrogens is 326 g/mol. The Labute approximate surface area is 155 Å². The predicted molar refractivity (Wildman–Crippen MR) is 102 cm³/mol. The van der Waals surface area contributed by atoms with E-state index in [4.69, 9.17) is 0 Å². The number of likely N-dealkylation sites (tertiary alicyclic amines) is 1. The molecule has 140 valence electrons. The zero-order valence-corrected chi connectivity index (χ0v) is 16.3. The first-order valence-corrected chi connectivity index (χ1v) is 9.53. The van der Waals surface area contributed by atoms with Gasteiger partial charge in [-0.25, -0.2) is 0 Å². The molecule has 1 fully saturated rings. The predicted octanol–water partition coefficient (Wildman–Crippen LogP) is 3.50. The summed E-state index contributed by atoms with van der Waals surface area (Å²) in [7, 11) is 0. The van der Waals surface area contributed by atoms with Crippen molar-refractivity contribution in [3.63, 3.8) is 0 Å². The highest BCUT2D eigenvalue weighted by Crippen LogP contribution is 2.29. The average Bonchev–Trinajstić information content (AvgIpc) is 3.09. The largest absolute Gasteiger partial charge is 0.342 e. The molecule has 2 aromatic heterocycles. The molecule has 0 aromatic carbocycles. The van der Waals surface area contributed by atoms with E-state index in [1.807, 2.05) is 48.8 Å². The van der Waals surface area contributed by atoms with Crippen molar-refractivity contribution >= 4 is 5.91 Å². The maximum Gasteiger partial charge on any atom is 0.227 e. The van der Waals surface area contributed by atoms with E-state index >= 15 is 0 Å². The number of carbonyl (C=O) groups is 1. The Kier molecular flexibility index (Phi) is 5.39. The second kappa shape index (κ2) is 7.56. The van der Waals surface area contributed by atoms with E-state index in [2.05, 4.69) is 22.0 Å². The summed E-state index contributed by atoms with van der Waals surface area (Å²) in [6.07, 6.45) is 8.60. The third-order valence-corrected chi connectivity index (χ3v) is 4.85. The van der Waals surface area contributed by atoms with Crippen LogP contribution in [0.15, 0.2) is 24.7 Å². The van der Waals surface area contributed by atoms with Gasteiger partial charge in [-0.3, -0.25) is 19.4 Å². The van der Waals surface area contributed by atoms with Crippen molar-refractivity contribution in [1.82, 2.24) is 24.6 Å². The summed E-state index contributed by atoms with van der Waals surface area (Å²) in [6, 6.07) is 1.98. The molecule has 1 aliphatic rings. The van der Waals surface area contributed by atoms with Crippen LogP contribution in [-0.4, -0.2) is 43.6 Å². The Bertz CT molecular complexity index is 744. The summed E-state index contributed by atoms with van der Waals surface area (Å²) < 4.78 is 1.97. The van der Waals surface area contributed by atoms with Gasteiger partial charge < -0.3 is 4.90 Å². The van der Waals surface area contributed by atoms with Crippen molar-refractivity contribution in [3.8, 4) is 11.4 Å². The molecule has 0 saturated carbocycles. The van der Waals surface area contributed by atoms with E-state index in [0.717, 1.165) is 56.0 Å². The van der Waals surface area contributed by atoms with Crippen molar-refractivity contribution in [2.45, 2.75) is 59.4 Å². The van der Waals surface area contributed by atoms with Crippen LogP contribution >= 0.6 is 0 Å². The molecule has 1 aliphatic heterocycles. The SMILES string of the molecule is CCCn1nccc1-c1cnc([C@H]2CCCN(C(=O)C(C)(C)C)C2)cn1. The number of carbonyl (C=O) groups excluding carboxylic acids is 1. The standard InChI is InChI=1S/C20H29N5O/c1-5-10-25-18(8-9-23-25)17-13-21-16(12-22-17)15-7-6-11-24(14-15)19(26)20(2,3)4/h8-9,12-13,15H,5-7,10-11,14H2,1-4H3/t15-/m0/s1. The normalized spacial score (nSPS) is 18.2. The fourth-order valence-corrected chi connectivity index (χ4v) is 3.50. The van der Waals surface area contributed by atoms with E-state index in [9.17, 15) is 4.79 Å². The molecule has 0 unspecified atom stereocenters. The summed E-state index contributed by atoms with van der Waals surface area (Å²) in [6.45, 7) is 10.5. The molecule has 3 heterocycles. The number of rotatable bonds is 4. The fourth-order valence-electron chi connectivity index (χ4n) is 3.50. The zero-order valence-electron chi connectivity index (χ0n) is 16.3. The monoisotopic (exact) mass is 355 g/mol. The molecule has 0 spiro atoms. The molecule has 26 heavy (non-hydrogen) atoms. The van der Waals surface area contributed by atoms with Gasteiger partial charge in [-0.2, -0.15) is 5.10 Å². The van der Waals surface area contributed by atoms with E-state index in [1.54, 1.807) is 6.20 Å². The minimum atomic E-state index is -0.338. The van der Waals surface area contributed by atoms with Gasteiger partial charge >= 0.3 is 0 Å². The molecule has 0 radical (unpaired) electrons. The summed E-state index contributed by atoms with van der Waals surface area (Å²) in [4.78, 5) is 23.9. The molecule has 0 N–H and O–H groups in total. The highest BCUT2D eigenvalue weighted by Gasteiger charge is 2.32. The van der Waals surface area contributed by atoms with Crippen LogP contribution in [0.1, 0.15) is 58.6 Å². The molecule has 0 aliphatic carbocycles. The molecule has 6 heteroatoms. The van der Waals surface area contributed by atoms with Gasteiger partial charge in [0.2, 0.25) is 5.91 Å². The quantitative estimate of drug-likeness (QED) is 0.842. The minimum Gasteiger partial charge on any atom is -0.342 e. The van der Waals surface area contributed by atoms with Gasteiger partial charge in [-0.1, -0.05) is 27.7 Å². The highest BCUT2D eigenvalue weighted by molar-refractivity contribution is 5.81. The molecule has 6 nitrogen and oxygen atoms in total. The van der Waals surface area contributed by atoms with Crippen LogP contribution in [0.25, 0.3) is 11.4 Å². The summed E-state index contributed by atoms with van der Waals surface area (Å²) in [5, 5.41) is 4.35. The first-order valence-electron chi connectivity index (χ1n) is 9.53. The van der Waals surface area contributed by atoms with Gasteiger partial charge in [0.05, 0.1) is 17.6 Å². The summed E-state index contributed by atoms with van der Waals surface area (Å²) in [5.74, 6) is 0.479. The van der Waals surface area contributed by atoms with E-state index in [0.29, 0.717) is 0 Å². The van der Waals surface area contributed by atoms with E-state index in [1.165, 1.54) is 0 Å². The Morgan fingerprint density at radius 1 is 1.27 bits per heavy atom. The minimum absolute atomic E-state index is 0.218. The maximum atomic E-state index is 12.6. The van der Waals surface area contributed by atoms with Gasteiger partial charge in [-0.05, 0) is 25.3 Å². The van der Waals surface area contributed by atoms with Crippen molar-refractivity contribution < 1.29 is 4.79 Å². The number of hydrogen-bond acceptors (Lipinski definition) is 4. The van der Waals surface area contributed by atoms with Crippen LogP contribution in [0.3, 0.4) is 0 Å². The topological polar surface area (TPSA) is 63.9 Å². The van der Waals surface area contributed by atoms with Crippen LogP contribution in [0.4, 0.5) is 0 Å². The highest BCUT2D eigenvalue weighted by atomic mass is 16.2. The maximum absolute atomic E-state index is 12.6. The molecule has 3 rings (SSSR count). The van der Waals surface area contributed by atoms with Crippen molar-refractivity contribution in [2.75, 3.05) is 13.1 Å². The second-order valence-electron chi connectivity index (χ2n) is 8.11. The molecule has 1 saturated heterocycles. The average molecular weight is 355 g/mol. The summed E-state index contributed by atoms with van der Waals surface area (Å²) in [5.41, 5.74) is 2.48. The van der Waals surface area contributed by atoms with Gasteiger partial charge in [-0.15, -0.1) is 0 Å². The zero-order chi connectivity index (χ0) is 18.7. The third-order valence-electron chi connectivity index (χ3n) is 4.85. The van der Waals surface area contributed by atoms with Crippen LogP contribution in [0, 0.1) is 5.41 Å². The second-order valence-corrected chi connectivity index (χ2v) is 8.11. The van der Waals surface area contributed by atoms with E-state index < -0.39 is 0 Å². The fraction of sp³-hybridized carbons (Fsp3) is 0.600. The number of nitrogens with zero attached hydrogens (tertiary/aromatic N) is 5. The number of amides is 1. The Hall–Kier alpha value is -2.24. The molecule has 0 bridgehead atoms. The first kappa shape index (κ1) is 18.5. The number of piperidine rings is 1. The van der Waals surface area contributed by atoms with Crippen LogP contribution in [0.2, 0.25) is 0 Å². The lowest BCUT2D eigenvalue weighted by Crippen LogP contribution is -2.44. The number of aromatic nitrogens is 4. The third kappa shape index (κ3) is 3.94. The number of hydrogen-bond donors (Lipinski definition) is 0. The van der Waals surface area contributed by atoms with Gasteiger partial charge in [0.25, 0.3) is 0 Å². The van der Waals surface area contributed by atoms with Gasteiger partial charge in [0.15, 0.2) is 0 Å². The van der Waals surface area contributed by atoms with Crippen molar-refractivity contribution in [3.05, 3.63) is 30.4 Å². The molecule has 2 aromatic rings. The molecule has 1 amide bonds. The van der Waals surface area contributed by atoms with Crippen molar-refractivity contribution in [2.24, 2.45) is 5.41 Å². The Balaban J connectivity index is 1.74. The first-order chi connectivity index (χ1) is 12.4. The Morgan fingerprint density at radius 2 is 2.08 bits per heavy atom. The lowest BCUT2D eigenvalue weighted by molar-refractivity contribution is -0.140. The van der Waals surface area contributed by atoms with Gasteiger partial charge in [0, 0.05) is 43.4 Å². The lowest BCUT2D eigenvalue weighted by Gasteiger charge is -2.36. The summed E-state index contributed by atoms with van der Waals surface area (Å²) >= 11 is 0. The van der Waals surface area contributed by atoms with Gasteiger partial charge in [0.1, 0.15) is 5.69 Å². The van der Waals surface area contributed by atoms with Crippen LogP contribution in [0.5, 0.6) is 0 Å². The molecular formula is C20H29N5O. The van der Waals surface area contributed by atoms with E-state index in [-0.39, 0.29) is 17.2 Å². The van der Waals surface area contributed by atoms with Crippen LogP contribution in [-0.2, 0) is 11.3 Å². The lowest BCUT2D eigenvalue weighted by atomic mass is 9.90. The van der Waals surface area contributed by atoms with Crippen molar-refractivity contribution in [1.29, 1.82) is 0 Å². The number of aryl methyl sites for hydroxylation is 1. The smallest absolute Gasteiger partial charge is 0.227 e. The Morgan fingerprint density at radius 3 is 2.73 bits per heavy atom. The van der Waals surface area contributed by atoms with Crippen LogP contribution < -0.4 is 0 Å². The molecule has 1 atom stereocenters.